The average Bonchev–Trinajstić information content (AvgIpc) is 2.39. The molecule has 7 heteroatoms. The number of anilines is 1. The van der Waals surface area contributed by atoms with Crippen LogP contribution < -0.4 is 16.6 Å². The molecule has 0 saturated carbocycles. The highest BCUT2D eigenvalue weighted by Crippen LogP contribution is 2.38. The lowest BCUT2D eigenvalue weighted by molar-refractivity contribution is 1.09. The SMILES string of the molecule is N=C(N)N(N)c1cccc(-c2ccc(Cl)cc2Cl)c1Cl. The molecular formula is C13H11Cl3N4. The quantitative estimate of drug-likeness (QED) is 0.338. The summed E-state index contributed by atoms with van der Waals surface area (Å²) in [5, 5.41) is 9.72. The molecule has 20 heavy (non-hydrogen) atoms. The summed E-state index contributed by atoms with van der Waals surface area (Å²) in [7, 11) is 0. The highest BCUT2D eigenvalue weighted by Gasteiger charge is 2.15. The van der Waals surface area contributed by atoms with Crippen molar-refractivity contribution in [3.05, 3.63) is 51.5 Å². The number of halogens is 3. The van der Waals surface area contributed by atoms with Crippen LogP contribution in [-0.4, -0.2) is 5.96 Å². The van der Waals surface area contributed by atoms with Gasteiger partial charge in [0.2, 0.25) is 5.96 Å². The van der Waals surface area contributed by atoms with Crippen LogP contribution in [0.4, 0.5) is 5.69 Å². The van der Waals surface area contributed by atoms with Crippen molar-refractivity contribution in [3.63, 3.8) is 0 Å². The van der Waals surface area contributed by atoms with E-state index in [2.05, 4.69) is 0 Å². The fraction of sp³-hybridized carbons (Fsp3) is 0. The average molecular weight is 330 g/mol. The van der Waals surface area contributed by atoms with Gasteiger partial charge in [-0.1, -0.05) is 53.0 Å². The second kappa shape index (κ2) is 5.89. The van der Waals surface area contributed by atoms with E-state index in [1.165, 1.54) is 0 Å². The van der Waals surface area contributed by atoms with Crippen molar-refractivity contribution < 1.29 is 0 Å². The maximum absolute atomic E-state index is 7.36. The van der Waals surface area contributed by atoms with Gasteiger partial charge in [-0.25, -0.2) is 10.9 Å². The van der Waals surface area contributed by atoms with E-state index in [-0.39, 0.29) is 5.96 Å². The normalized spacial score (nSPS) is 10.4. The third-order valence-corrected chi connectivity index (χ3v) is 3.66. The molecule has 0 heterocycles. The van der Waals surface area contributed by atoms with E-state index in [1.54, 1.807) is 36.4 Å². The Kier molecular flexibility index (Phi) is 4.40. The topological polar surface area (TPSA) is 79.1 Å². The molecule has 0 bridgehead atoms. The van der Waals surface area contributed by atoms with Crippen molar-refractivity contribution in [1.82, 2.24) is 0 Å². The Morgan fingerprint density at radius 3 is 2.35 bits per heavy atom. The van der Waals surface area contributed by atoms with E-state index in [1.807, 2.05) is 0 Å². The molecule has 2 rings (SSSR count). The molecule has 0 aliphatic rings. The molecule has 4 nitrogen and oxygen atoms in total. The van der Waals surface area contributed by atoms with Crippen LogP contribution in [0.2, 0.25) is 15.1 Å². The predicted molar refractivity (Wildman–Crippen MR) is 85.5 cm³/mol. The van der Waals surface area contributed by atoms with E-state index < -0.39 is 0 Å². The van der Waals surface area contributed by atoms with Gasteiger partial charge in [-0.2, -0.15) is 0 Å². The summed E-state index contributed by atoms with van der Waals surface area (Å²) in [5.74, 6) is 5.38. The first-order valence-electron chi connectivity index (χ1n) is 5.54. The Hall–Kier alpha value is -1.46. The van der Waals surface area contributed by atoms with Crippen LogP contribution in [0.3, 0.4) is 0 Å². The first kappa shape index (κ1) is 14.9. The molecular weight excluding hydrogens is 319 g/mol. The highest BCUT2D eigenvalue weighted by atomic mass is 35.5. The monoisotopic (exact) mass is 328 g/mol. The summed E-state index contributed by atoms with van der Waals surface area (Å²) < 4.78 is 0. The van der Waals surface area contributed by atoms with Gasteiger partial charge in [0.1, 0.15) is 0 Å². The van der Waals surface area contributed by atoms with Gasteiger partial charge >= 0.3 is 0 Å². The van der Waals surface area contributed by atoms with Crippen molar-refractivity contribution >= 4 is 46.4 Å². The molecule has 2 aromatic carbocycles. The number of nitrogens with one attached hydrogen (secondary N) is 1. The minimum absolute atomic E-state index is 0.314. The van der Waals surface area contributed by atoms with Crippen LogP contribution in [0.5, 0.6) is 0 Å². The molecule has 0 fully saturated rings. The molecule has 0 radical (unpaired) electrons. The lowest BCUT2D eigenvalue weighted by Gasteiger charge is -2.19. The molecule has 0 aromatic heterocycles. The van der Waals surface area contributed by atoms with E-state index in [0.717, 1.165) is 10.6 Å². The van der Waals surface area contributed by atoms with Crippen molar-refractivity contribution in [2.24, 2.45) is 11.6 Å². The molecule has 0 atom stereocenters. The lowest BCUT2D eigenvalue weighted by atomic mass is 10.0. The summed E-state index contributed by atoms with van der Waals surface area (Å²) in [5.41, 5.74) is 7.18. The Labute approximate surface area is 131 Å². The predicted octanol–water partition coefficient (Wildman–Crippen LogP) is 3.89. The van der Waals surface area contributed by atoms with Crippen LogP contribution in [-0.2, 0) is 0 Å². The first-order valence-corrected chi connectivity index (χ1v) is 6.68. The van der Waals surface area contributed by atoms with Gasteiger partial charge in [0, 0.05) is 21.2 Å². The Balaban J connectivity index is 2.58. The van der Waals surface area contributed by atoms with Crippen LogP contribution in [0.15, 0.2) is 36.4 Å². The minimum Gasteiger partial charge on any atom is -0.369 e. The van der Waals surface area contributed by atoms with Gasteiger partial charge in [-0.3, -0.25) is 5.41 Å². The third kappa shape index (κ3) is 2.83. The molecule has 0 aliphatic heterocycles. The fourth-order valence-electron chi connectivity index (χ4n) is 1.75. The Morgan fingerprint density at radius 1 is 1.05 bits per heavy atom. The molecule has 0 amide bonds. The van der Waals surface area contributed by atoms with E-state index >= 15 is 0 Å². The van der Waals surface area contributed by atoms with Crippen molar-refractivity contribution in [2.45, 2.75) is 0 Å². The summed E-state index contributed by atoms with van der Waals surface area (Å²) in [6, 6.07) is 10.3. The summed E-state index contributed by atoms with van der Waals surface area (Å²) in [6.45, 7) is 0. The Morgan fingerprint density at radius 2 is 1.75 bits per heavy atom. The van der Waals surface area contributed by atoms with Gasteiger partial charge in [0.25, 0.3) is 0 Å². The minimum atomic E-state index is -0.314. The van der Waals surface area contributed by atoms with Gasteiger partial charge in [0.05, 0.1) is 10.7 Å². The largest absolute Gasteiger partial charge is 0.369 e. The first-order chi connectivity index (χ1) is 9.41. The molecule has 0 unspecified atom stereocenters. The van der Waals surface area contributed by atoms with E-state index in [4.69, 9.17) is 51.8 Å². The second-order valence-electron chi connectivity index (χ2n) is 4.02. The fourth-order valence-corrected chi connectivity index (χ4v) is 2.58. The van der Waals surface area contributed by atoms with Crippen molar-refractivity contribution in [2.75, 3.05) is 5.01 Å². The van der Waals surface area contributed by atoms with Gasteiger partial charge in [-0.05, 0) is 18.2 Å². The van der Waals surface area contributed by atoms with Gasteiger partial charge < -0.3 is 5.73 Å². The Bertz CT molecular complexity index is 673. The number of hydrazine groups is 1. The standard InChI is InChI=1S/C13H11Cl3N4/c14-7-4-5-8(10(15)6-7)9-2-1-3-11(12(9)16)20(19)13(17)18/h1-6H,19H2,(H3,17,18). The zero-order chi connectivity index (χ0) is 14.9. The molecule has 5 N–H and O–H groups in total. The molecule has 0 saturated heterocycles. The number of nitrogens with two attached hydrogens (primary N) is 2. The van der Waals surface area contributed by atoms with E-state index in [9.17, 15) is 0 Å². The molecule has 104 valence electrons. The molecule has 0 spiro atoms. The summed E-state index contributed by atoms with van der Waals surface area (Å²) in [6.07, 6.45) is 0. The van der Waals surface area contributed by atoms with Crippen LogP contribution in [0.25, 0.3) is 11.1 Å². The highest BCUT2D eigenvalue weighted by molar-refractivity contribution is 6.39. The zero-order valence-corrected chi connectivity index (χ0v) is 12.5. The second-order valence-corrected chi connectivity index (χ2v) is 5.24. The number of hydrogen-bond acceptors (Lipinski definition) is 2. The van der Waals surface area contributed by atoms with Crippen molar-refractivity contribution in [3.8, 4) is 11.1 Å². The lowest BCUT2D eigenvalue weighted by Crippen LogP contribution is -2.42. The van der Waals surface area contributed by atoms with Crippen LogP contribution in [0.1, 0.15) is 0 Å². The molecule has 2 aromatic rings. The molecule has 0 aliphatic carbocycles. The maximum atomic E-state index is 7.36. The maximum Gasteiger partial charge on any atom is 0.207 e. The number of rotatable bonds is 2. The zero-order valence-electron chi connectivity index (χ0n) is 10.2. The third-order valence-electron chi connectivity index (χ3n) is 2.72. The van der Waals surface area contributed by atoms with Crippen LogP contribution in [0, 0.1) is 5.41 Å². The summed E-state index contributed by atoms with van der Waals surface area (Å²) >= 11 is 18.4. The van der Waals surface area contributed by atoms with Gasteiger partial charge in [0.15, 0.2) is 0 Å². The smallest absolute Gasteiger partial charge is 0.207 e. The number of benzene rings is 2. The van der Waals surface area contributed by atoms with E-state index in [0.29, 0.717) is 26.3 Å². The van der Waals surface area contributed by atoms with Gasteiger partial charge in [-0.15, -0.1) is 0 Å². The van der Waals surface area contributed by atoms with Crippen LogP contribution >= 0.6 is 34.8 Å². The summed E-state index contributed by atoms with van der Waals surface area (Å²) in [4.78, 5) is 0. The number of nitrogens with zero attached hydrogens (tertiary/aromatic N) is 1. The number of hydrogen-bond donors (Lipinski definition) is 3. The number of guanidine groups is 1. The van der Waals surface area contributed by atoms with Crippen molar-refractivity contribution in [1.29, 1.82) is 5.41 Å².